The standard InChI is InChI=1S/C18H21NO4S/c1-14-9-11-16(12-10-14)24(21,22)23-19-13-5-8-17(20)18(19)15-6-3-2-4-7-15/h2-4,6-7,9-12,17-18,20H,5,8,13H2,1H3. The number of piperidine rings is 1. The van der Waals surface area contributed by atoms with Gasteiger partial charge in [-0.1, -0.05) is 48.0 Å². The molecule has 2 aromatic carbocycles. The molecule has 2 atom stereocenters. The van der Waals surface area contributed by atoms with E-state index in [1.54, 1.807) is 12.1 Å². The van der Waals surface area contributed by atoms with Crippen LogP contribution in [0.25, 0.3) is 0 Å². The molecule has 1 N–H and O–H groups in total. The number of hydroxylamine groups is 2. The van der Waals surface area contributed by atoms with E-state index in [1.165, 1.54) is 17.2 Å². The fourth-order valence-corrected chi connectivity index (χ4v) is 3.92. The van der Waals surface area contributed by atoms with Crippen molar-refractivity contribution in [3.8, 4) is 0 Å². The lowest BCUT2D eigenvalue weighted by Gasteiger charge is -2.37. The summed E-state index contributed by atoms with van der Waals surface area (Å²) in [6.45, 7) is 2.34. The molecule has 3 rings (SSSR count). The zero-order valence-electron chi connectivity index (χ0n) is 13.5. The van der Waals surface area contributed by atoms with Crippen LogP contribution in [0.4, 0.5) is 0 Å². The zero-order chi connectivity index (χ0) is 17.2. The van der Waals surface area contributed by atoms with E-state index in [-0.39, 0.29) is 4.90 Å². The van der Waals surface area contributed by atoms with Crippen molar-refractivity contribution >= 4 is 10.1 Å². The van der Waals surface area contributed by atoms with Crippen LogP contribution < -0.4 is 0 Å². The van der Waals surface area contributed by atoms with Crippen LogP contribution >= 0.6 is 0 Å². The van der Waals surface area contributed by atoms with Gasteiger partial charge in [-0.3, -0.25) is 0 Å². The third-order valence-electron chi connectivity index (χ3n) is 4.20. The average Bonchev–Trinajstić information content (AvgIpc) is 2.56. The van der Waals surface area contributed by atoms with E-state index >= 15 is 0 Å². The van der Waals surface area contributed by atoms with Crippen LogP contribution in [0, 0.1) is 6.92 Å². The summed E-state index contributed by atoms with van der Waals surface area (Å²) in [5.41, 5.74) is 1.81. The summed E-state index contributed by atoms with van der Waals surface area (Å²) in [4.78, 5) is 0.111. The zero-order valence-corrected chi connectivity index (χ0v) is 14.3. The van der Waals surface area contributed by atoms with Gasteiger partial charge in [0.15, 0.2) is 0 Å². The fourth-order valence-electron chi connectivity index (χ4n) is 2.94. The van der Waals surface area contributed by atoms with Crippen molar-refractivity contribution in [3.63, 3.8) is 0 Å². The first-order chi connectivity index (χ1) is 11.5. The minimum absolute atomic E-state index is 0.111. The predicted octanol–water partition coefficient (Wildman–Crippen LogP) is 2.81. The second-order valence-electron chi connectivity index (χ2n) is 6.05. The van der Waals surface area contributed by atoms with Gasteiger partial charge in [-0.25, -0.2) is 0 Å². The molecule has 128 valence electrons. The number of aliphatic hydroxyl groups excluding tert-OH is 1. The van der Waals surface area contributed by atoms with Gasteiger partial charge in [0, 0.05) is 6.54 Å². The van der Waals surface area contributed by atoms with Crippen molar-refractivity contribution in [2.75, 3.05) is 6.54 Å². The Morgan fingerprint density at radius 1 is 1.08 bits per heavy atom. The van der Waals surface area contributed by atoms with E-state index in [2.05, 4.69) is 0 Å². The van der Waals surface area contributed by atoms with Crippen LogP contribution in [0.3, 0.4) is 0 Å². The molecular weight excluding hydrogens is 326 g/mol. The molecule has 0 saturated carbocycles. The third kappa shape index (κ3) is 3.67. The highest BCUT2D eigenvalue weighted by Gasteiger charge is 2.35. The molecule has 24 heavy (non-hydrogen) atoms. The summed E-state index contributed by atoms with van der Waals surface area (Å²) in [6, 6.07) is 15.4. The second-order valence-corrected chi connectivity index (χ2v) is 7.58. The molecule has 1 saturated heterocycles. The maximum Gasteiger partial charge on any atom is 0.313 e. The van der Waals surface area contributed by atoms with Gasteiger partial charge in [0.1, 0.15) is 0 Å². The smallest absolute Gasteiger partial charge is 0.313 e. The second kappa shape index (κ2) is 7.03. The first-order valence-electron chi connectivity index (χ1n) is 7.98. The summed E-state index contributed by atoms with van der Waals surface area (Å²) in [5.74, 6) is 0. The van der Waals surface area contributed by atoms with Crippen LogP contribution in [-0.4, -0.2) is 31.2 Å². The Morgan fingerprint density at radius 2 is 1.75 bits per heavy atom. The lowest BCUT2D eigenvalue weighted by atomic mass is 9.94. The van der Waals surface area contributed by atoms with E-state index < -0.39 is 22.3 Å². The van der Waals surface area contributed by atoms with Gasteiger partial charge < -0.3 is 5.11 Å². The lowest BCUT2D eigenvalue weighted by Crippen LogP contribution is -2.42. The molecule has 1 aliphatic rings. The molecule has 1 fully saturated rings. The highest BCUT2D eigenvalue weighted by molar-refractivity contribution is 7.86. The number of benzene rings is 2. The van der Waals surface area contributed by atoms with Crippen molar-refractivity contribution in [2.24, 2.45) is 0 Å². The van der Waals surface area contributed by atoms with Crippen molar-refractivity contribution in [3.05, 3.63) is 65.7 Å². The highest BCUT2D eigenvalue weighted by atomic mass is 32.2. The van der Waals surface area contributed by atoms with Gasteiger partial charge in [-0.15, -0.1) is 0 Å². The van der Waals surface area contributed by atoms with Gasteiger partial charge in [0.2, 0.25) is 0 Å². The largest absolute Gasteiger partial charge is 0.391 e. The average molecular weight is 347 g/mol. The van der Waals surface area contributed by atoms with Crippen LogP contribution in [0.15, 0.2) is 59.5 Å². The van der Waals surface area contributed by atoms with E-state index in [4.69, 9.17) is 4.28 Å². The first-order valence-corrected chi connectivity index (χ1v) is 9.39. The molecule has 0 radical (unpaired) electrons. The van der Waals surface area contributed by atoms with Crippen LogP contribution in [-0.2, 0) is 14.4 Å². The third-order valence-corrected chi connectivity index (χ3v) is 5.43. The molecule has 5 nitrogen and oxygen atoms in total. The normalized spacial score (nSPS) is 22.4. The molecule has 1 aliphatic heterocycles. The van der Waals surface area contributed by atoms with E-state index in [0.29, 0.717) is 19.4 Å². The summed E-state index contributed by atoms with van der Waals surface area (Å²) in [5, 5.41) is 11.8. The Labute approximate surface area is 142 Å². The van der Waals surface area contributed by atoms with Crippen LogP contribution in [0.2, 0.25) is 0 Å². The number of rotatable bonds is 4. The Hall–Kier alpha value is -1.73. The minimum atomic E-state index is -3.93. The summed E-state index contributed by atoms with van der Waals surface area (Å²) in [6.07, 6.45) is 0.618. The lowest BCUT2D eigenvalue weighted by molar-refractivity contribution is -0.148. The van der Waals surface area contributed by atoms with Crippen molar-refractivity contribution in [1.29, 1.82) is 0 Å². The van der Waals surface area contributed by atoms with Gasteiger partial charge in [-0.2, -0.15) is 17.8 Å². The fraction of sp³-hybridized carbons (Fsp3) is 0.333. The number of nitrogens with zero attached hydrogens (tertiary/aromatic N) is 1. The van der Waals surface area contributed by atoms with Crippen LogP contribution in [0.1, 0.15) is 30.0 Å². The molecule has 0 aliphatic carbocycles. The topological polar surface area (TPSA) is 66.8 Å². The minimum Gasteiger partial charge on any atom is -0.391 e. The van der Waals surface area contributed by atoms with Crippen molar-refractivity contribution in [2.45, 2.75) is 36.8 Å². The van der Waals surface area contributed by atoms with Crippen molar-refractivity contribution < 1.29 is 17.8 Å². The monoisotopic (exact) mass is 347 g/mol. The molecule has 0 aromatic heterocycles. The van der Waals surface area contributed by atoms with Gasteiger partial charge in [0.05, 0.1) is 17.0 Å². The van der Waals surface area contributed by atoms with Gasteiger partial charge >= 0.3 is 10.1 Å². The van der Waals surface area contributed by atoms with E-state index in [0.717, 1.165) is 11.1 Å². The van der Waals surface area contributed by atoms with Crippen molar-refractivity contribution in [1.82, 2.24) is 5.06 Å². The maximum atomic E-state index is 12.5. The maximum absolute atomic E-state index is 12.5. The molecule has 0 spiro atoms. The summed E-state index contributed by atoms with van der Waals surface area (Å²) in [7, 11) is -3.93. The molecular formula is C18H21NO4S. The number of hydrogen-bond acceptors (Lipinski definition) is 5. The number of aliphatic hydroxyl groups is 1. The SMILES string of the molecule is Cc1ccc(S(=O)(=O)ON2CCCC(O)C2c2ccccc2)cc1. The Morgan fingerprint density at radius 3 is 2.42 bits per heavy atom. The molecule has 0 amide bonds. The first kappa shape index (κ1) is 17.1. The van der Waals surface area contributed by atoms with E-state index in [9.17, 15) is 13.5 Å². The summed E-state index contributed by atoms with van der Waals surface area (Å²) < 4.78 is 30.5. The Kier molecular flexibility index (Phi) is 5.01. The predicted molar refractivity (Wildman–Crippen MR) is 90.6 cm³/mol. The Balaban J connectivity index is 1.87. The number of aryl methyl sites for hydroxylation is 1. The number of hydrogen-bond donors (Lipinski definition) is 1. The molecule has 1 heterocycles. The van der Waals surface area contributed by atoms with Crippen LogP contribution in [0.5, 0.6) is 0 Å². The Bertz CT molecular complexity index is 774. The molecule has 2 aromatic rings. The molecule has 0 bridgehead atoms. The van der Waals surface area contributed by atoms with Gasteiger partial charge in [-0.05, 0) is 37.5 Å². The summed E-state index contributed by atoms with van der Waals surface area (Å²) >= 11 is 0. The quantitative estimate of drug-likeness (QED) is 0.921. The van der Waals surface area contributed by atoms with E-state index in [1.807, 2.05) is 37.3 Å². The molecule has 6 heteroatoms. The van der Waals surface area contributed by atoms with Gasteiger partial charge in [0.25, 0.3) is 0 Å². The molecule has 2 unspecified atom stereocenters. The highest BCUT2D eigenvalue weighted by Crippen LogP contribution is 2.33.